The number of aromatic carboxylic acids is 1. The summed E-state index contributed by atoms with van der Waals surface area (Å²) in [5.74, 6) is -0.897. The molecule has 158 valence electrons. The Bertz CT molecular complexity index is 977. The molecule has 0 spiro atoms. The van der Waals surface area contributed by atoms with E-state index in [4.69, 9.17) is 23.2 Å². The van der Waals surface area contributed by atoms with Gasteiger partial charge in [-0.25, -0.2) is 4.79 Å². The van der Waals surface area contributed by atoms with Crippen molar-refractivity contribution in [1.82, 2.24) is 4.57 Å². The van der Waals surface area contributed by atoms with Crippen molar-refractivity contribution in [2.75, 3.05) is 5.32 Å². The molecule has 0 aliphatic heterocycles. The Morgan fingerprint density at radius 2 is 1.70 bits per heavy atom. The molecule has 3 rings (SSSR count). The first-order valence-corrected chi connectivity index (χ1v) is 11.0. The summed E-state index contributed by atoms with van der Waals surface area (Å²) >= 11 is 12.4. The summed E-state index contributed by atoms with van der Waals surface area (Å²) in [6.07, 6.45) is 6.35. The van der Waals surface area contributed by atoms with Crippen molar-refractivity contribution in [3.63, 3.8) is 0 Å². The highest BCUT2D eigenvalue weighted by Gasteiger charge is 2.13. The van der Waals surface area contributed by atoms with Crippen molar-refractivity contribution in [3.8, 4) is 11.1 Å². The highest BCUT2D eigenvalue weighted by atomic mass is 35.5. The van der Waals surface area contributed by atoms with E-state index in [1.807, 2.05) is 53.2 Å². The van der Waals surface area contributed by atoms with Crippen LogP contribution in [-0.4, -0.2) is 15.6 Å². The molecule has 0 aliphatic carbocycles. The Balaban J connectivity index is 1.70. The molecule has 0 aliphatic rings. The van der Waals surface area contributed by atoms with Crippen molar-refractivity contribution >= 4 is 34.9 Å². The number of aromatic nitrogens is 1. The number of hydrogen-bond donors (Lipinski definition) is 2. The van der Waals surface area contributed by atoms with E-state index in [1.165, 1.54) is 6.42 Å². The Hall–Kier alpha value is -2.43. The Kier molecular flexibility index (Phi) is 7.83. The number of carbonyl (C=O) groups is 1. The Morgan fingerprint density at radius 1 is 1.00 bits per heavy atom. The number of anilines is 1. The lowest BCUT2D eigenvalue weighted by molar-refractivity contribution is 0.0685. The van der Waals surface area contributed by atoms with Gasteiger partial charge in [0, 0.05) is 46.1 Å². The molecule has 6 heteroatoms. The van der Waals surface area contributed by atoms with Crippen LogP contribution in [0.25, 0.3) is 11.1 Å². The predicted molar refractivity (Wildman–Crippen MR) is 125 cm³/mol. The number of benzene rings is 2. The SMILES string of the molecule is CCCCCCn1cc(-c2ccc(NCc3c(Cl)cccc3Cl)cc2)cc1C(=O)O. The van der Waals surface area contributed by atoms with E-state index in [2.05, 4.69) is 12.2 Å². The van der Waals surface area contributed by atoms with Crippen LogP contribution in [0.15, 0.2) is 54.7 Å². The van der Waals surface area contributed by atoms with Gasteiger partial charge in [0.15, 0.2) is 0 Å². The Labute approximate surface area is 187 Å². The maximum absolute atomic E-state index is 11.6. The zero-order chi connectivity index (χ0) is 21.5. The van der Waals surface area contributed by atoms with E-state index in [1.54, 1.807) is 6.07 Å². The van der Waals surface area contributed by atoms with Crippen LogP contribution in [0.3, 0.4) is 0 Å². The number of hydrogen-bond acceptors (Lipinski definition) is 2. The quantitative estimate of drug-likeness (QED) is 0.321. The lowest BCUT2D eigenvalue weighted by Crippen LogP contribution is -2.07. The van der Waals surface area contributed by atoms with Gasteiger partial charge in [-0.05, 0) is 42.3 Å². The number of nitrogens with zero attached hydrogens (tertiary/aromatic N) is 1. The van der Waals surface area contributed by atoms with Crippen LogP contribution in [0.1, 0.15) is 48.7 Å². The molecule has 0 bridgehead atoms. The first kappa shape index (κ1) is 22.3. The third-order valence-electron chi connectivity index (χ3n) is 5.12. The maximum atomic E-state index is 11.6. The molecule has 3 aromatic rings. The van der Waals surface area contributed by atoms with Gasteiger partial charge in [0.05, 0.1) is 0 Å². The largest absolute Gasteiger partial charge is 0.477 e. The Morgan fingerprint density at radius 3 is 2.33 bits per heavy atom. The van der Waals surface area contributed by atoms with E-state index in [0.29, 0.717) is 22.3 Å². The monoisotopic (exact) mass is 444 g/mol. The minimum atomic E-state index is -0.897. The molecule has 1 aromatic heterocycles. The number of nitrogens with one attached hydrogen (secondary N) is 1. The minimum Gasteiger partial charge on any atom is -0.477 e. The molecule has 1 heterocycles. The molecule has 0 saturated heterocycles. The summed E-state index contributed by atoms with van der Waals surface area (Å²) in [7, 11) is 0. The number of unbranched alkanes of at least 4 members (excludes halogenated alkanes) is 3. The summed E-state index contributed by atoms with van der Waals surface area (Å²) in [6.45, 7) is 3.41. The van der Waals surface area contributed by atoms with Crippen molar-refractivity contribution in [3.05, 3.63) is 76.0 Å². The molecule has 4 nitrogen and oxygen atoms in total. The van der Waals surface area contributed by atoms with E-state index in [9.17, 15) is 9.90 Å². The minimum absolute atomic E-state index is 0.331. The van der Waals surface area contributed by atoms with Gasteiger partial charge < -0.3 is 15.0 Å². The zero-order valence-corrected chi connectivity index (χ0v) is 18.5. The summed E-state index contributed by atoms with van der Waals surface area (Å²) in [5, 5.41) is 14.1. The third-order valence-corrected chi connectivity index (χ3v) is 5.83. The molecule has 2 N–H and O–H groups in total. The molecule has 0 unspecified atom stereocenters. The van der Waals surface area contributed by atoms with E-state index in [-0.39, 0.29) is 0 Å². The lowest BCUT2D eigenvalue weighted by Gasteiger charge is -2.10. The van der Waals surface area contributed by atoms with E-state index >= 15 is 0 Å². The topological polar surface area (TPSA) is 54.3 Å². The van der Waals surface area contributed by atoms with Gasteiger partial charge in [0.25, 0.3) is 0 Å². The summed E-state index contributed by atoms with van der Waals surface area (Å²) < 4.78 is 1.85. The average Bonchev–Trinajstić information content (AvgIpc) is 3.16. The van der Waals surface area contributed by atoms with Crippen LogP contribution in [0.2, 0.25) is 10.0 Å². The molecule has 30 heavy (non-hydrogen) atoms. The van der Waals surface area contributed by atoms with Crippen molar-refractivity contribution in [1.29, 1.82) is 0 Å². The third kappa shape index (κ3) is 5.59. The van der Waals surface area contributed by atoms with Gasteiger partial charge in [-0.2, -0.15) is 0 Å². The van der Waals surface area contributed by atoms with Crippen molar-refractivity contribution in [2.24, 2.45) is 0 Å². The van der Waals surface area contributed by atoms with Crippen LogP contribution in [0.5, 0.6) is 0 Å². The first-order valence-electron chi connectivity index (χ1n) is 10.2. The summed E-state index contributed by atoms with van der Waals surface area (Å²) in [4.78, 5) is 11.6. The van der Waals surface area contributed by atoms with Gasteiger partial charge in [-0.1, -0.05) is 67.6 Å². The van der Waals surface area contributed by atoms with Crippen LogP contribution in [-0.2, 0) is 13.1 Å². The van der Waals surface area contributed by atoms with Gasteiger partial charge in [-0.15, -0.1) is 0 Å². The number of rotatable bonds is 10. The normalized spacial score (nSPS) is 10.9. The number of halogens is 2. The fraction of sp³-hybridized carbons (Fsp3) is 0.292. The van der Waals surface area contributed by atoms with Crippen LogP contribution < -0.4 is 5.32 Å². The molecule has 0 radical (unpaired) electrons. The predicted octanol–water partition coefficient (Wildman–Crippen LogP) is 7.35. The van der Waals surface area contributed by atoms with Crippen LogP contribution in [0, 0.1) is 0 Å². The molecule has 0 amide bonds. The van der Waals surface area contributed by atoms with Crippen LogP contribution in [0.4, 0.5) is 5.69 Å². The second kappa shape index (κ2) is 10.6. The fourth-order valence-corrected chi connectivity index (χ4v) is 3.94. The molecular weight excluding hydrogens is 419 g/mol. The average molecular weight is 445 g/mol. The lowest BCUT2D eigenvalue weighted by atomic mass is 10.1. The number of carboxylic acid groups (broad SMARTS) is 1. The second-order valence-electron chi connectivity index (χ2n) is 7.30. The molecule has 2 aromatic carbocycles. The van der Waals surface area contributed by atoms with Gasteiger partial charge >= 0.3 is 5.97 Å². The van der Waals surface area contributed by atoms with Crippen molar-refractivity contribution < 1.29 is 9.90 Å². The summed E-state index contributed by atoms with van der Waals surface area (Å²) in [6, 6.07) is 15.1. The summed E-state index contributed by atoms with van der Waals surface area (Å²) in [5.41, 5.74) is 4.01. The van der Waals surface area contributed by atoms with Gasteiger partial charge in [0.1, 0.15) is 5.69 Å². The van der Waals surface area contributed by atoms with Crippen LogP contribution >= 0.6 is 23.2 Å². The second-order valence-corrected chi connectivity index (χ2v) is 8.12. The van der Waals surface area contributed by atoms with Gasteiger partial charge in [-0.3, -0.25) is 0 Å². The highest BCUT2D eigenvalue weighted by molar-refractivity contribution is 6.36. The van der Waals surface area contributed by atoms with E-state index < -0.39 is 5.97 Å². The zero-order valence-electron chi connectivity index (χ0n) is 17.0. The molecule has 0 saturated carbocycles. The first-order chi connectivity index (χ1) is 14.5. The molecule has 0 atom stereocenters. The van der Waals surface area contributed by atoms with E-state index in [0.717, 1.165) is 48.2 Å². The maximum Gasteiger partial charge on any atom is 0.352 e. The van der Waals surface area contributed by atoms with Crippen molar-refractivity contribution in [2.45, 2.75) is 45.7 Å². The smallest absolute Gasteiger partial charge is 0.352 e. The number of aryl methyl sites for hydroxylation is 1. The van der Waals surface area contributed by atoms with Gasteiger partial charge in [0.2, 0.25) is 0 Å². The molecule has 0 fully saturated rings. The number of carboxylic acids is 1. The standard InChI is InChI=1S/C24H26Cl2N2O2/c1-2-3-4-5-13-28-16-18(14-23(28)24(29)30)17-9-11-19(12-10-17)27-15-20-21(25)7-6-8-22(20)26/h6-12,14,16,27H,2-5,13,15H2,1H3,(H,29,30). The fourth-order valence-electron chi connectivity index (χ4n) is 3.41. The molecular formula is C24H26Cl2N2O2. The highest BCUT2D eigenvalue weighted by Crippen LogP contribution is 2.27.